The number of nitriles is 1. The first kappa shape index (κ1) is 11.2. The van der Waals surface area contributed by atoms with Crippen LogP contribution in [0.4, 0.5) is 4.39 Å². The maximum absolute atomic E-state index is 12.8. The summed E-state index contributed by atoms with van der Waals surface area (Å²) < 4.78 is 12.8. The maximum Gasteiger partial charge on any atom is 0.251 e. The molecule has 0 aliphatic heterocycles. The Morgan fingerprint density at radius 1 is 1.67 bits per heavy atom. The van der Waals surface area contributed by atoms with E-state index in [1.807, 2.05) is 6.07 Å². The molecule has 0 saturated carbocycles. The van der Waals surface area contributed by atoms with Crippen LogP contribution in [0.5, 0.6) is 0 Å². The summed E-state index contributed by atoms with van der Waals surface area (Å²) in [5.41, 5.74) is 0.264. The molecule has 0 heterocycles. The van der Waals surface area contributed by atoms with E-state index < -0.39 is 5.82 Å². The van der Waals surface area contributed by atoms with Crippen LogP contribution >= 0.6 is 0 Å². The van der Waals surface area contributed by atoms with Crippen LogP contribution in [0.3, 0.4) is 0 Å². The third kappa shape index (κ3) is 3.39. The van der Waals surface area contributed by atoms with Crippen LogP contribution in [-0.2, 0) is 0 Å². The zero-order valence-electron chi connectivity index (χ0n) is 8.33. The Balaban J connectivity index is 2.66. The van der Waals surface area contributed by atoms with Crippen molar-refractivity contribution < 1.29 is 9.18 Å². The summed E-state index contributed by atoms with van der Waals surface area (Å²) in [5, 5.41) is 11.0. The minimum atomic E-state index is -0.449. The fourth-order valence-corrected chi connectivity index (χ4v) is 1.12. The number of hydrogen-bond acceptors (Lipinski definition) is 2. The fraction of sp³-hybridized carbons (Fsp3) is 0.273. The molecule has 1 aromatic rings. The second-order valence-electron chi connectivity index (χ2n) is 3.25. The number of hydrogen-bond donors (Lipinski definition) is 1. The van der Waals surface area contributed by atoms with Gasteiger partial charge in [-0.3, -0.25) is 4.79 Å². The highest BCUT2D eigenvalue weighted by molar-refractivity contribution is 5.94. The fourth-order valence-electron chi connectivity index (χ4n) is 1.12. The van der Waals surface area contributed by atoms with Gasteiger partial charge in [-0.1, -0.05) is 6.07 Å². The maximum atomic E-state index is 12.8. The molecule has 0 aliphatic rings. The Morgan fingerprint density at radius 3 is 3.00 bits per heavy atom. The van der Waals surface area contributed by atoms with Crippen molar-refractivity contribution in [2.45, 2.75) is 19.4 Å². The Hall–Kier alpha value is -1.89. The number of nitrogens with one attached hydrogen (secondary N) is 1. The van der Waals surface area contributed by atoms with Gasteiger partial charge in [-0.25, -0.2) is 4.39 Å². The predicted octanol–water partition coefficient (Wildman–Crippen LogP) is 1.86. The molecule has 78 valence electrons. The standard InChI is InChI=1S/C11H11FN2O/c1-8(5-6-13)14-11(15)9-3-2-4-10(12)7-9/h2-4,7-8H,5H2,1H3,(H,14,15). The number of amides is 1. The molecular weight excluding hydrogens is 195 g/mol. The second kappa shape index (κ2) is 5.11. The van der Waals surface area contributed by atoms with E-state index in [-0.39, 0.29) is 23.9 Å². The van der Waals surface area contributed by atoms with Crippen molar-refractivity contribution in [1.29, 1.82) is 5.26 Å². The number of rotatable bonds is 3. The van der Waals surface area contributed by atoms with Crippen LogP contribution in [0.2, 0.25) is 0 Å². The number of halogens is 1. The predicted molar refractivity (Wildman–Crippen MR) is 53.6 cm³/mol. The SMILES string of the molecule is CC(CC#N)NC(=O)c1cccc(F)c1. The zero-order valence-corrected chi connectivity index (χ0v) is 8.33. The Labute approximate surface area is 87.5 Å². The van der Waals surface area contributed by atoms with Crippen LogP contribution in [0, 0.1) is 17.1 Å². The Kier molecular flexibility index (Phi) is 3.81. The van der Waals surface area contributed by atoms with E-state index in [9.17, 15) is 9.18 Å². The van der Waals surface area contributed by atoms with Crippen molar-refractivity contribution in [3.05, 3.63) is 35.6 Å². The molecule has 4 heteroatoms. The second-order valence-corrected chi connectivity index (χ2v) is 3.25. The molecule has 3 nitrogen and oxygen atoms in total. The average molecular weight is 206 g/mol. The molecule has 1 rings (SSSR count). The Bertz CT molecular complexity index is 398. The minimum absolute atomic E-state index is 0.231. The Morgan fingerprint density at radius 2 is 2.40 bits per heavy atom. The molecule has 15 heavy (non-hydrogen) atoms. The van der Waals surface area contributed by atoms with Crippen molar-refractivity contribution in [1.82, 2.24) is 5.32 Å². The largest absolute Gasteiger partial charge is 0.349 e. The summed E-state index contributed by atoms with van der Waals surface area (Å²) in [6.07, 6.45) is 0.237. The normalized spacial score (nSPS) is 11.5. The monoisotopic (exact) mass is 206 g/mol. The summed E-state index contributed by atoms with van der Waals surface area (Å²) in [6, 6.07) is 7.15. The lowest BCUT2D eigenvalue weighted by molar-refractivity contribution is 0.0940. The van der Waals surface area contributed by atoms with Crippen LogP contribution in [0.25, 0.3) is 0 Å². The molecule has 1 atom stereocenters. The van der Waals surface area contributed by atoms with Gasteiger partial charge in [0.1, 0.15) is 5.82 Å². The van der Waals surface area contributed by atoms with Gasteiger partial charge in [0.15, 0.2) is 0 Å². The van der Waals surface area contributed by atoms with Crippen molar-refractivity contribution in [3.63, 3.8) is 0 Å². The lowest BCUT2D eigenvalue weighted by atomic mass is 10.2. The summed E-state index contributed by atoms with van der Waals surface area (Å²) >= 11 is 0. The van der Waals surface area contributed by atoms with Gasteiger partial charge in [0, 0.05) is 11.6 Å². The van der Waals surface area contributed by atoms with Gasteiger partial charge in [-0.15, -0.1) is 0 Å². The molecule has 1 N–H and O–H groups in total. The number of carbonyl (C=O) groups is 1. The van der Waals surface area contributed by atoms with Gasteiger partial charge in [0.25, 0.3) is 5.91 Å². The smallest absolute Gasteiger partial charge is 0.251 e. The molecular formula is C11H11FN2O. The third-order valence-electron chi connectivity index (χ3n) is 1.86. The minimum Gasteiger partial charge on any atom is -0.349 e. The first-order chi connectivity index (χ1) is 7.13. The van der Waals surface area contributed by atoms with E-state index in [2.05, 4.69) is 5.32 Å². The highest BCUT2D eigenvalue weighted by Crippen LogP contribution is 2.03. The molecule has 0 aliphatic carbocycles. The molecule has 0 radical (unpaired) electrons. The first-order valence-corrected chi connectivity index (χ1v) is 4.57. The zero-order chi connectivity index (χ0) is 11.3. The highest BCUT2D eigenvalue weighted by Gasteiger charge is 2.09. The van der Waals surface area contributed by atoms with Gasteiger partial charge < -0.3 is 5.32 Å². The third-order valence-corrected chi connectivity index (χ3v) is 1.86. The summed E-state index contributed by atoms with van der Waals surface area (Å²) in [6.45, 7) is 1.72. The van der Waals surface area contributed by atoms with E-state index in [1.165, 1.54) is 18.2 Å². The van der Waals surface area contributed by atoms with Crippen LogP contribution in [0.1, 0.15) is 23.7 Å². The van der Waals surface area contributed by atoms with E-state index in [4.69, 9.17) is 5.26 Å². The van der Waals surface area contributed by atoms with Gasteiger partial charge >= 0.3 is 0 Å². The van der Waals surface area contributed by atoms with Gasteiger partial charge in [0.05, 0.1) is 12.5 Å². The molecule has 0 aromatic heterocycles. The van der Waals surface area contributed by atoms with Gasteiger partial charge in [0.2, 0.25) is 0 Å². The van der Waals surface area contributed by atoms with Crippen molar-refractivity contribution >= 4 is 5.91 Å². The van der Waals surface area contributed by atoms with Crippen LogP contribution in [-0.4, -0.2) is 11.9 Å². The molecule has 0 saturated heterocycles. The molecule has 1 amide bonds. The van der Waals surface area contributed by atoms with E-state index in [0.717, 1.165) is 6.07 Å². The summed E-state index contributed by atoms with van der Waals surface area (Å²) in [5.74, 6) is -0.812. The molecule has 0 fully saturated rings. The van der Waals surface area contributed by atoms with E-state index >= 15 is 0 Å². The van der Waals surface area contributed by atoms with Crippen LogP contribution < -0.4 is 5.32 Å². The molecule has 0 bridgehead atoms. The van der Waals surface area contributed by atoms with Crippen LogP contribution in [0.15, 0.2) is 24.3 Å². The van der Waals surface area contributed by atoms with Gasteiger partial charge in [-0.05, 0) is 25.1 Å². The van der Waals surface area contributed by atoms with Gasteiger partial charge in [-0.2, -0.15) is 5.26 Å². The summed E-state index contributed by atoms with van der Waals surface area (Å²) in [4.78, 5) is 11.5. The quantitative estimate of drug-likeness (QED) is 0.820. The average Bonchev–Trinajstić information content (AvgIpc) is 2.18. The lowest BCUT2D eigenvalue weighted by Gasteiger charge is -2.09. The number of carbonyl (C=O) groups excluding carboxylic acids is 1. The number of benzene rings is 1. The lowest BCUT2D eigenvalue weighted by Crippen LogP contribution is -2.32. The van der Waals surface area contributed by atoms with E-state index in [0.29, 0.717) is 0 Å². The summed E-state index contributed by atoms with van der Waals surface area (Å²) in [7, 11) is 0. The molecule has 0 spiro atoms. The van der Waals surface area contributed by atoms with Crippen molar-refractivity contribution in [2.75, 3.05) is 0 Å². The first-order valence-electron chi connectivity index (χ1n) is 4.57. The van der Waals surface area contributed by atoms with Crippen molar-refractivity contribution in [3.8, 4) is 6.07 Å². The topological polar surface area (TPSA) is 52.9 Å². The highest BCUT2D eigenvalue weighted by atomic mass is 19.1. The van der Waals surface area contributed by atoms with Crippen molar-refractivity contribution in [2.24, 2.45) is 0 Å². The number of nitrogens with zero attached hydrogens (tertiary/aromatic N) is 1. The molecule has 1 unspecified atom stereocenters. The molecule has 1 aromatic carbocycles. The van der Waals surface area contributed by atoms with E-state index in [1.54, 1.807) is 6.92 Å².